The van der Waals surface area contributed by atoms with Crippen LogP contribution in [-0.4, -0.2) is 26.7 Å². The van der Waals surface area contributed by atoms with Gasteiger partial charge in [-0.05, 0) is 50.2 Å². The van der Waals surface area contributed by atoms with Gasteiger partial charge in [0.05, 0.1) is 27.9 Å². The second-order valence-corrected chi connectivity index (χ2v) is 6.24. The zero-order chi connectivity index (χ0) is 21.0. The maximum atomic E-state index is 12.6. The van der Waals surface area contributed by atoms with E-state index in [1.807, 2.05) is 6.07 Å². The van der Waals surface area contributed by atoms with Crippen molar-refractivity contribution in [3.05, 3.63) is 76.0 Å². The number of ether oxygens (including phenoxy) is 1. The van der Waals surface area contributed by atoms with Crippen LogP contribution in [0, 0.1) is 28.4 Å². The Balaban J connectivity index is 1.74. The minimum absolute atomic E-state index is 0.0346. The summed E-state index contributed by atoms with van der Waals surface area (Å²) < 4.78 is 7.11. The van der Waals surface area contributed by atoms with Crippen molar-refractivity contribution in [2.75, 3.05) is 5.32 Å². The van der Waals surface area contributed by atoms with E-state index in [4.69, 9.17) is 10.00 Å². The standard InChI is InChI=1S/C20H17N5O4/c1-13-11-19(24(23-13)16-5-7-17(8-6-16)25(27)28)22-20(26)14(2)29-18-9-3-15(12-21)4-10-18/h3-11,14H,1-2H3,(H,22,26). The second-order valence-electron chi connectivity index (χ2n) is 6.24. The molecule has 1 N–H and O–H groups in total. The highest BCUT2D eigenvalue weighted by Gasteiger charge is 2.18. The number of nitrogens with one attached hydrogen (secondary N) is 1. The molecular weight excluding hydrogens is 374 g/mol. The van der Waals surface area contributed by atoms with Crippen molar-refractivity contribution in [1.29, 1.82) is 5.26 Å². The Morgan fingerprint density at radius 1 is 1.24 bits per heavy atom. The van der Waals surface area contributed by atoms with Gasteiger partial charge in [-0.25, -0.2) is 4.68 Å². The monoisotopic (exact) mass is 391 g/mol. The van der Waals surface area contributed by atoms with Gasteiger partial charge in [0.25, 0.3) is 11.6 Å². The quantitative estimate of drug-likeness (QED) is 0.508. The number of hydrogen-bond donors (Lipinski definition) is 1. The molecule has 1 aromatic heterocycles. The van der Waals surface area contributed by atoms with Crippen molar-refractivity contribution >= 4 is 17.4 Å². The normalized spacial score (nSPS) is 11.3. The third-order valence-electron chi connectivity index (χ3n) is 4.05. The molecule has 0 fully saturated rings. The molecule has 0 radical (unpaired) electrons. The molecule has 0 bridgehead atoms. The van der Waals surface area contributed by atoms with Gasteiger partial charge in [-0.15, -0.1) is 0 Å². The van der Waals surface area contributed by atoms with Crippen molar-refractivity contribution in [3.63, 3.8) is 0 Å². The van der Waals surface area contributed by atoms with Crippen LogP contribution in [0.25, 0.3) is 5.69 Å². The molecule has 9 heteroatoms. The number of carbonyl (C=O) groups excluding carboxylic acids is 1. The number of nitro benzene ring substituents is 1. The number of carbonyl (C=O) groups is 1. The summed E-state index contributed by atoms with van der Waals surface area (Å²) in [5.41, 5.74) is 1.70. The number of aryl methyl sites for hydroxylation is 1. The number of hydrogen-bond acceptors (Lipinski definition) is 6. The summed E-state index contributed by atoms with van der Waals surface area (Å²) in [4.78, 5) is 22.9. The summed E-state index contributed by atoms with van der Waals surface area (Å²) in [6, 6.07) is 16.0. The highest BCUT2D eigenvalue weighted by Crippen LogP contribution is 2.21. The fourth-order valence-electron chi connectivity index (χ4n) is 2.59. The van der Waals surface area contributed by atoms with E-state index in [-0.39, 0.29) is 5.69 Å². The number of rotatable bonds is 6. The van der Waals surface area contributed by atoms with Gasteiger partial charge in [0.15, 0.2) is 6.10 Å². The van der Waals surface area contributed by atoms with Gasteiger partial charge < -0.3 is 10.1 Å². The molecule has 9 nitrogen and oxygen atoms in total. The number of non-ortho nitro benzene ring substituents is 1. The van der Waals surface area contributed by atoms with E-state index >= 15 is 0 Å². The Morgan fingerprint density at radius 2 is 1.90 bits per heavy atom. The lowest BCUT2D eigenvalue weighted by atomic mass is 10.2. The summed E-state index contributed by atoms with van der Waals surface area (Å²) >= 11 is 0. The topological polar surface area (TPSA) is 123 Å². The summed E-state index contributed by atoms with van der Waals surface area (Å²) in [5.74, 6) is 0.487. The van der Waals surface area contributed by atoms with Crippen molar-refractivity contribution in [1.82, 2.24) is 9.78 Å². The first-order valence-electron chi connectivity index (χ1n) is 8.66. The van der Waals surface area contributed by atoms with E-state index in [0.717, 1.165) is 0 Å². The molecule has 0 saturated carbocycles. The molecule has 3 rings (SSSR count). The molecule has 29 heavy (non-hydrogen) atoms. The van der Waals surface area contributed by atoms with Gasteiger partial charge >= 0.3 is 0 Å². The summed E-state index contributed by atoms with van der Waals surface area (Å²) in [7, 11) is 0. The van der Waals surface area contributed by atoms with Crippen LogP contribution in [0.4, 0.5) is 11.5 Å². The number of aromatic nitrogens is 2. The lowest BCUT2D eigenvalue weighted by molar-refractivity contribution is -0.384. The molecule has 1 atom stereocenters. The second kappa shape index (κ2) is 8.22. The Labute approximate surface area is 166 Å². The minimum Gasteiger partial charge on any atom is -0.481 e. The smallest absolute Gasteiger partial charge is 0.269 e. The average molecular weight is 391 g/mol. The van der Waals surface area contributed by atoms with E-state index < -0.39 is 16.9 Å². The molecule has 0 aliphatic rings. The van der Waals surface area contributed by atoms with Crippen LogP contribution < -0.4 is 10.1 Å². The largest absolute Gasteiger partial charge is 0.481 e. The Bertz CT molecular complexity index is 1080. The van der Waals surface area contributed by atoms with E-state index in [2.05, 4.69) is 10.4 Å². The van der Waals surface area contributed by atoms with E-state index in [0.29, 0.717) is 28.5 Å². The van der Waals surface area contributed by atoms with E-state index in [1.165, 1.54) is 16.8 Å². The highest BCUT2D eigenvalue weighted by atomic mass is 16.6. The van der Waals surface area contributed by atoms with Crippen molar-refractivity contribution in [3.8, 4) is 17.5 Å². The summed E-state index contributed by atoms with van der Waals surface area (Å²) in [5, 5.41) is 26.7. The average Bonchev–Trinajstić information content (AvgIpc) is 3.08. The maximum absolute atomic E-state index is 12.6. The number of amides is 1. The van der Waals surface area contributed by atoms with Crippen LogP contribution >= 0.6 is 0 Å². The molecule has 1 amide bonds. The Morgan fingerprint density at radius 3 is 2.48 bits per heavy atom. The zero-order valence-corrected chi connectivity index (χ0v) is 15.7. The van der Waals surface area contributed by atoms with Gasteiger partial charge in [0, 0.05) is 18.2 Å². The van der Waals surface area contributed by atoms with Crippen LogP contribution in [0.3, 0.4) is 0 Å². The Hall–Kier alpha value is -4.19. The lowest BCUT2D eigenvalue weighted by Crippen LogP contribution is -2.31. The van der Waals surface area contributed by atoms with Crippen LogP contribution in [0.15, 0.2) is 54.6 Å². The highest BCUT2D eigenvalue weighted by molar-refractivity contribution is 5.93. The number of nitriles is 1. The maximum Gasteiger partial charge on any atom is 0.269 e. The number of nitro groups is 1. The predicted octanol–water partition coefficient (Wildman–Crippen LogP) is 3.37. The molecule has 3 aromatic rings. The first-order chi connectivity index (χ1) is 13.9. The van der Waals surface area contributed by atoms with Gasteiger partial charge in [-0.2, -0.15) is 10.4 Å². The first kappa shape index (κ1) is 19.6. The van der Waals surface area contributed by atoms with E-state index in [1.54, 1.807) is 56.3 Å². The van der Waals surface area contributed by atoms with Crippen molar-refractivity contribution in [2.45, 2.75) is 20.0 Å². The van der Waals surface area contributed by atoms with Gasteiger partial charge in [0.1, 0.15) is 11.6 Å². The molecule has 0 saturated heterocycles. The van der Waals surface area contributed by atoms with Gasteiger partial charge in [-0.1, -0.05) is 0 Å². The number of anilines is 1. The third-order valence-corrected chi connectivity index (χ3v) is 4.05. The van der Waals surface area contributed by atoms with Gasteiger partial charge in [-0.3, -0.25) is 14.9 Å². The predicted molar refractivity (Wildman–Crippen MR) is 105 cm³/mol. The van der Waals surface area contributed by atoms with E-state index in [9.17, 15) is 14.9 Å². The molecule has 146 valence electrons. The van der Waals surface area contributed by atoms with Crippen LogP contribution in [0.2, 0.25) is 0 Å². The minimum atomic E-state index is -0.802. The fourth-order valence-corrected chi connectivity index (χ4v) is 2.59. The fraction of sp³-hybridized carbons (Fsp3) is 0.150. The third kappa shape index (κ3) is 4.56. The number of nitrogens with zero attached hydrogens (tertiary/aromatic N) is 4. The summed E-state index contributed by atoms with van der Waals surface area (Å²) in [6.45, 7) is 3.38. The number of benzene rings is 2. The lowest BCUT2D eigenvalue weighted by Gasteiger charge is -2.15. The molecule has 0 aliphatic heterocycles. The van der Waals surface area contributed by atoms with Gasteiger partial charge in [0.2, 0.25) is 0 Å². The Kier molecular flexibility index (Phi) is 5.55. The molecule has 2 aromatic carbocycles. The first-order valence-corrected chi connectivity index (χ1v) is 8.66. The van der Waals surface area contributed by atoms with Crippen LogP contribution in [0.1, 0.15) is 18.2 Å². The molecule has 0 aliphatic carbocycles. The molecule has 0 spiro atoms. The summed E-state index contributed by atoms with van der Waals surface area (Å²) in [6.07, 6.45) is -0.802. The van der Waals surface area contributed by atoms with Crippen LogP contribution in [0.5, 0.6) is 5.75 Å². The molecular formula is C20H17N5O4. The van der Waals surface area contributed by atoms with Crippen molar-refractivity contribution < 1.29 is 14.5 Å². The van der Waals surface area contributed by atoms with Crippen LogP contribution in [-0.2, 0) is 4.79 Å². The molecule has 1 heterocycles. The molecule has 1 unspecified atom stereocenters. The van der Waals surface area contributed by atoms with Crippen molar-refractivity contribution in [2.24, 2.45) is 0 Å². The SMILES string of the molecule is Cc1cc(NC(=O)C(C)Oc2ccc(C#N)cc2)n(-c2ccc([N+](=O)[O-])cc2)n1. The zero-order valence-electron chi connectivity index (χ0n) is 15.7.